The first-order valence-electron chi connectivity index (χ1n) is 6.53. The van der Waals surface area contributed by atoms with E-state index in [0.717, 1.165) is 36.7 Å². The molecule has 1 aliphatic rings. The average Bonchev–Trinajstić information content (AvgIpc) is 2.68. The molecule has 0 bridgehead atoms. The minimum absolute atomic E-state index is 0.102. The molecular formula is C14H19N3O2. The zero-order chi connectivity index (χ0) is 13.5. The van der Waals surface area contributed by atoms with Crippen LogP contribution in [0.25, 0.3) is 11.1 Å². The van der Waals surface area contributed by atoms with Crippen molar-refractivity contribution in [2.24, 2.45) is 0 Å². The van der Waals surface area contributed by atoms with Gasteiger partial charge in [-0.25, -0.2) is 4.98 Å². The van der Waals surface area contributed by atoms with Crippen molar-refractivity contribution in [2.75, 3.05) is 25.4 Å². The van der Waals surface area contributed by atoms with Gasteiger partial charge in [0.15, 0.2) is 5.58 Å². The van der Waals surface area contributed by atoms with Gasteiger partial charge in [0.25, 0.3) is 0 Å². The number of hydrogen-bond donors (Lipinski definition) is 1. The van der Waals surface area contributed by atoms with E-state index >= 15 is 0 Å². The summed E-state index contributed by atoms with van der Waals surface area (Å²) >= 11 is 0. The monoisotopic (exact) mass is 261 g/mol. The van der Waals surface area contributed by atoms with Crippen molar-refractivity contribution in [3.63, 3.8) is 0 Å². The molecule has 1 aromatic heterocycles. The van der Waals surface area contributed by atoms with Crippen LogP contribution in [0.5, 0.6) is 0 Å². The Balaban J connectivity index is 1.77. The van der Waals surface area contributed by atoms with Crippen LogP contribution in [0, 0.1) is 0 Å². The van der Waals surface area contributed by atoms with Crippen LogP contribution < -0.4 is 5.73 Å². The predicted octanol–water partition coefficient (Wildman–Crippen LogP) is 2.02. The lowest BCUT2D eigenvalue weighted by Crippen LogP contribution is -2.47. The van der Waals surface area contributed by atoms with E-state index in [9.17, 15) is 0 Å². The Bertz CT molecular complexity index is 591. The number of ether oxygens (including phenoxy) is 1. The highest BCUT2D eigenvalue weighted by molar-refractivity contribution is 5.76. The van der Waals surface area contributed by atoms with Crippen molar-refractivity contribution < 1.29 is 9.15 Å². The fourth-order valence-electron chi connectivity index (χ4n) is 2.50. The number of nitrogen functional groups attached to an aromatic ring is 1. The zero-order valence-electron chi connectivity index (χ0n) is 11.3. The molecule has 19 heavy (non-hydrogen) atoms. The molecule has 0 radical (unpaired) electrons. The highest BCUT2D eigenvalue weighted by Crippen LogP contribution is 2.21. The summed E-state index contributed by atoms with van der Waals surface area (Å²) in [5, 5.41) is 0. The number of morpholine rings is 1. The molecule has 102 valence electrons. The van der Waals surface area contributed by atoms with Crippen LogP contribution in [0.2, 0.25) is 0 Å². The number of aromatic nitrogens is 1. The van der Waals surface area contributed by atoms with Crippen molar-refractivity contribution >= 4 is 16.8 Å². The van der Waals surface area contributed by atoms with Crippen molar-refractivity contribution in [3.05, 3.63) is 24.1 Å². The number of oxazole rings is 1. The normalized spacial score (nSPS) is 19.9. The second kappa shape index (κ2) is 4.51. The first-order chi connectivity index (χ1) is 9.02. The number of fused-ring (bicyclic) bond motifs is 1. The van der Waals surface area contributed by atoms with E-state index in [2.05, 4.69) is 23.7 Å². The van der Waals surface area contributed by atoms with Crippen LogP contribution in [0.15, 0.2) is 22.6 Å². The Hall–Kier alpha value is -1.59. The van der Waals surface area contributed by atoms with Crippen LogP contribution in [0.3, 0.4) is 0 Å². The summed E-state index contributed by atoms with van der Waals surface area (Å²) in [7, 11) is 0. The molecule has 1 aromatic carbocycles. The van der Waals surface area contributed by atoms with Gasteiger partial charge in [0, 0.05) is 18.8 Å². The molecule has 1 aliphatic heterocycles. The summed E-state index contributed by atoms with van der Waals surface area (Å²) in [6.45, 7) is 7.46. The molecule has 2 N–H and O–H groups in total. The van der Waals surface area contributed by atoms with E-state index in [1.165, 1.54) is 0 Å². The van der Waals surface area contributed by atoms with Crippen LogP contribution >= 0.6 is 0 Å². The summed E-state index contributed by atoms with van der Waals surface area (Å²) in [5.41, 5.74) is 7.96. The third-order valence-corrected chi connectivity index (χ3v) is 3.32. The van der Waals surface area contributed by atoms with E-state index < -0.39 is 0 Å². The Labute approximate surface area is 112 Å². The minimum Gasteiger partial charge on any atom is -0.439 e. The molecule has 2 aromatic rings. The fraction of sp³-hybridized carbons (Fsp3) is 0.500. The van der Waals surface area contributed by atoms with Gasteiger partial charge in [0.1, 0.15) is 5.52 Å². The molecule has 1 fully saturated rings. The second-order valence-corrected chi connectivity index (χ2v) is 5.65. The van der Waals surface area contributed by atoms with Gasteiger partial charge in [0.05, 0.1) is 18.8 Å². The smallest absolute Gasteiger partial charge is 0.209 e. The Morgan fingerprint density at radius 2 is 2.26 bits per heavy atom. The summed E-state index contributed by atoms with van der Waals surface area (Å²) in [4.78, 5) is 6.79. The minimum atomic E-state index is -0.102. The van der Waals surface area contributed by atoms with E-state index in [1.807, 2.05) is 18.2 Å². The molecule has 0 aliphatic carbocycles. The lowest BCUT2D eigenvalue weighted by Gasteiger charge is -2.37. The Morgan fingerprint density at radius 3 is 3.05 bits per heavy atom. The predicted molar refractivity (Wildman–Crippen MR) is 73.7 cm³/mol. The van der Waals surface area contributed by atoms with Gasteiger partial charge in [-0.05, 0) is 32.0 Å². The molecule has 0 atom stereocenters. The molecular weight excluding hydrogens is 242 g/mol. The summed E-state index contributed by atoms with van der Waals surface area (Å²) < 4.78 is 11.4. The highest BCUT2D eigenvalue weighted by Gasteiger charge is 2.27. The maximum Gasteiger partial charge on any atom is 0.209 e. The largest absolute Gasteiger partial charge is 0.439 e. The third kappa shape index (κ3) is 2.72. The van der Waals surface area contributed by atoms with Crippen molar-refractivity contribution in [3.8, 4) is 0 Å². The van der Waals surface area contributed by atoms with Crippen molar-refractivity contribution in [1.82, 2.24) is 9.88 Å². The molecule has 5 heteroatoms. The van der Waals surface area contributed by atoms with E-state index in [4.69, 9.17) is 14.9 Å². The number of hydrogen-bond acceptors (Lipinski definition) is 5. The number of anilines is 1. The molecule has 1 saturated heterocycles. The van der Waals surface area contributed by atoms with E-state index in [1.54, 1.807) is 0 Å². The highest BCUT2D eigenvalue weighted by atomic mass is 16.5. The van der Waals surface area contributed by atoms with Gasteiger partial charge in [-0.3, -0.25) is 4.90 Å². The molecule has 0 unspecified atom stereocenters. The van der Waals surface area contributed by atoms with Gasteiger partial charge >= 0.3 is 0 Å². The molecule has 0 amide bonds. The number of benzene rings is 1. The average molecular weight is 261 g/mol. The van der Waals surface area contributed by atoms with Gasteiger partial charge in [-0.15, -0.1) is 0 Å². The lowest BCUT2D eigenvalue weighted by molar-refractivity contribution is -0.0896. The molecule has 0 spiro atoms. The lowest BCUT2D eigenvalue weighted by atomic mass is 10.1. The number of rotatable bonds is 2. The molecule has 2 heterocycles. The topological polar surface area (TPSA) is 64.5 Å². The van der Waals surface area contributed by atoms with Gasteiger partial charge < -0.3 is 14.9 Å². The Kier molecular flexibility index (Phi) is 2.95. The van der Waals surface area contributed by atoms with Gasteiger partial charge in [0.2, 0.25) is 5.89 Å². The van der Waals surface area contributed by atoms with Crippen LogP contribution in [-0.4, -0.2) is 35.2 Å². The van der Waals surface area contributed by atoms with Gasteiger partial charge in [-0.2, -0.15) is 0 Å². The number of nitrogens with two attached hydrogens (primary N) is 1. The molecule has 3 rings (SSSR count). The summed E-state index contributed by atoms with van der Waals surface area (Å²) in [6.07, 6.45) is 0. The number of nitrogens with zero attached hydrogens (tertiary/aromatic N) is 2. The van der Waals surface area contributed by atoms with E-state index in [-0.39, 0.29) is 5.60 Å². The van der Waals surface area contributed by atoms with Crippen molar-refractivity contribution in [2.45, 2.75) is 26.0 Å². The van der Waals surface area contributed by atoms with Gasteiger partial charge in [-0.1, -0.05) is 0 Å². The van der Waals surface area contributed by atoms with E-state index in [0.29, 0.717) is 12.2 Å². The second-order valence-electron chi connectivity index (χ2n) is 5.65. The third-order valence-electron chi connectivity index (χ3n) is 3.32. The van der Waals surface area contributed by atoms with Crippen LogP contribution in [-0.2, 0) is 11.3 Å². The maximum atomic E-state index is 5.74. The first-order valence-corrected chi connectivity index (χ1v) is 6.53. The fourth-order valence-corrected chi connectivity index (χ4v) is 2.50. The summed E-state index contributed by atoms with van der Waals surface area (Å²) in [5.74, 6) is 0.735. The molecule has 0 saturated carbocycles. The maximum absolute atomic E-state index is 5.74. The Morgan fingerprint density at radius 1 is 1.42 bits per heavy atom. The van der Waals surface area contributed by atoms with Crippen molar-refractivity contribution in [1.29, 1.82) is 0 Å². The first kappa shape index (κ1) is 12.4. The summed E-state index contributed by atoms with van der Waals surface area (Å²) in [6, 6.07) is 5.53. The van der Waals surface area contributed by atoms with Crippen LogP contribution in [0.1, 0.15) is 19.7 Å². The zero-order valence-corrected chi connectivity index (χ0v) is 11.3. The van der Waals surface area contributed by atoms with Crippen LogP contribution in [0.4, 0.5) is 5.69 Å². The quantitative estimate of drug-likeness (QED) is 0.838. The molecule has 5 nitrogen and oxygen atoms in total. The standard InChI is InChI=1S/C14H19N3O2/c1-14(2)9-17(5-6-18-14)8-13-16-11-7-10(15)3-4-12(11)19-13/h3-4,7H,5-6,8-9,15H2,1-2H3. The SMILES string of the molecule is CC1(C)CN(Cc2nc3cc(N)ccc3o2)CCO1.